The number of rotatable bonds is 11. The third-order valence-electron chi connectivity index (χ3n) is 6.36. The second-order valence-electron chi connectivity index (χ2n) is 8.76. The van der Waals surface area contributed by atoms with Gasteiger partial charge in [-0.05, 0) is 41.6 Å². The van der Waals surface area contributed by atoms with Crippen molar-refractivity contribution >= 4 is 40.3 Å². The lowest BCUT2D eigenvalue weighted by atomic mass is 9.94. The minimum atomic E-state index is -0.344. The van der Waals surface area contributed by atoms with Crippen LogP contribution in [0.25, 0.3) is 10.8 Å². The maximum absolute atomic E-state index is 13.0. The second-order valence-corrected chi connectivity index (χ2v) is 9.69. The molecule has 3 amide bonds. The van der Waals surface area contributed by atoms with Gasteiger partial charge in [-0.15, -0.1) is 10.2 Å². The lowest BCUT2D eigenvalue weighted by Gasteiger charge is -2.26. The van der Waals surface area contributed by atoms with Gasteiger partial charge in [-0.2, -0.15) is 0 Å². The molecule has 2 heterocycles. The lowest BCUT2D eigenvalue weighted by molar-refractivity contribution is -0.118. The quantitative estimate of drug-likeness (QED) is 0.222. The van der Waals surface area contributed by atoms with Crippen LogP contribution in [-0.2, 0) is 17.6 Å². The van der Waals surface area contributed by atoms with E-state index in [1.165, 1.54) is 4.90 Å². The van der Waals surface area contributed by atoms with Crippen LogP contribution in [0.5, 0.6) is 11.5 Å². The van der Waals surface area contributed by atoms with Crippen molar-refractivity contribution < 1.29 is 28.3 Å². The van der Waals surface area contributed by atoms with Gasteiger partial charge in [0.2, 0.25) is 11.8 Å². The maximum atomic E-state index is 13.0. The number of thioether (sulfide) groups is 1. The number of hydrogen-bond donors (Lipinski definition) is 1. The Morgan fingerprint density at radius 1 is 0.949 bits per heavy atom. The monoisotopic (exact) mass is 546 g/mol. The number of methoxy groups -OCH3 is 2. The third-order valence-corrected chi connectivity index (χ3v) is 7.18. The Kier molecular flexibility index (Phi) is 7.78. The molecule has 11 heteroatoms. The van der Waals surface area contributed by atoms with Crippen LogP contribution in [0.15, 0.2) is 64.2 Å². The van der Waals surface area contributed by atoms with Crippen LogP contribution in [0.2, 0.25) is 0 Å². The van der Waals surface area contributed by atoms with Crippen LogP contribution in [0.4, 0.5) is 0 Å². The highest BCUT2D eigenvalue weighted by molar-refractivity contribution is 7.99. The molecule has 5 rings (SSSR count). The number of hydrogen-bond acceptors (Lipinski definition) is 9. The molecule has 39 heavy (non-hydrogen) atoms. The van der Waals surface area contributed by atoms with E-state index in [4.69, 9.17) is 13.9 Å². The zero-order chi connectivity index (χ0) is 27.4. The largest absolute Gasteiger partial charge is 0.493 e. The number of ether oxygens (including phenoxy) is 2. The average molecular weight is 547 g/mol. The van der Waals surface area contributed by atoms with Crippen molar-refractivity contribution in [1.82, 2.24) is 20.4 Å². The summed E-state index contributed by atoms with van der Waals surface area (Å²) in [6.45, 7) is 0.560. The summed E-state index contributed by atoms with van der Waals surface area (Å²) in [6, 6.07) is 16.5. The van der Waals surface area contributed by atoms with E-state index in [9.17, 15) is 14.4 Å². The predicted molar refractivity (Wildman–Crippen MR) is 144 cm³/mol. The van der Waals surface area contributed by atoms with Gasteiger partial charge in [-0.25, -0.2) is 0 Å². The van der Waals surface area contributed by atoms with Crippen molar-refractivity contribution in [3.05, 3.63) is 77.2 Å². The maximum Gasteiger partial charge on any atom is 0.277 e. The number of benzene rings is 3. The summed E-state index contributed by atoms with van der Waals surface area (Å²) in [6.07, 6.45) is 0.842. The fourth-order valence-electron chi connectivity index (χ4n) is 4.45. The first-order valence-electron chi connectivity index (χ1n) is 12.3. The molecule has 0 aliphatic carbocycles. The number of nitrogens with zero attached hydrogens (tertiary/aromatic N) is 3. The van der Waals surface area contributed by atoms with Gasteiger partial charge in [0.15, 0.2) is 11.5 Å². The van der Waals surface area contributed by atoms with Crippen molar-refractivity contribution in [2.45, 2.75) is 18.1 Å². The number of aromatic nitrogens is 2. The second kappa shape index (κ2) is 11.6. The number of carbonyl (C=O) groups excluding carboxylic acids is 3. The summed E-state index contributed by atoms with van der Waals surface area (Å²) < 4.78 is 16.2. The summed E-state index contributed by atoms with van der Waals surface area (Å²) >= 11 is 1.12. The van der Waals surface area contributed by atoms with Gasteiger partial charge >= 0.3 is 0 Å². The summed E-state index contributed by atoms with van der Waals surface area (Å²) in [7, 11) is 3.16. The summed E-state index contributed by atoms with van der Waals surface area (Å²) in [5.74, 6) is 0.822. The summed E-state index contributed by atoms with van der Waals surface area (Å²) in [4.78, 5) is 39.5. The SMILES string of the molecule is COc1ccc(CCNC(=O)CSc2nnc(CCN3C(=O)c4cccc5cccc(c45)C3=O)o2)cc1OC. The fraction of sp³-hybridized carbons (Fsp3) is 0.250. The van der Waals surface area contributed by atoms with Crippen molar-refractivity contribution in [1.29, 1.82) is 0 Å². The Balaban J connectivity index is 1.10. The molecule has 0 unspecified atom stereocenters. The number of carbonyl (C=O) groups is 3. The number of nitrogens with one attached hydrogen (secondary N) is 1. The van der Waals surface area contributed by atoms with Gasteiger partial charge < -0.3 is 19.2 Å². The van der Waals surface area contributed by atoms with Gasteiger partial charge in [-0.3, -0.25) is 19.3 Å². The van der Waals surface area contributed by atoms with E-state index in [0.29, 0.717) is 41.0 Å². The highest BCUT2D eigenvalue weighted by Crippen LogP contribution is 2.30. The standard InChI is InChI=1S/C28H26N4O6S/c1-36-21-10-9-17(15-22(21)37-2)11-13-29-23(33)16-39-28-31-30-24(38-28)12-14-32-26(34)19-7-3-5-18-6-4-8-20(25(18)19)27(32)35/h3-10,15H,11-14,16H2,1-2H3,(H,29,33). The van der Waals surface area contributed by atoms with Crippen molar-refractivity contribution in [2.75, 3.05) is 33.1 Å². The fourth-order valence-corrected chi connectivity index (χ4v) is 5.06. The molecule has 4 aromatic rings. The molecule has 0 fully saturated rings. The van der Waals surface area contributed by atoms with E-state index in [1.807, 2.05) is 30.3 Å². The van der Waals surface area contributed by atoms with Crippen molar-refractivity contribution in [3.8, 4) is 11.5 Å². The van der Waals surface area contributed by atoms with Gasteiger partial charge in [-0.1, -0.05) is 42.1 Å². The zero-order valence-corrected chi connectivity index (χ0v) is 22.2. The first kappa shape index (κ1) is 26.2. The van der Waals surface area contributed by atoms with E-state index in [2.05, 4.69) is 15.5 Å². The molecule has 0 spiro atoms. The van der Waals surface area contributed by atoms with Crippen LogP contribution < -0.4 is 14.8 Å². The minimum Gasteiger partial charge on any atom is -0.493 e. The highest BCUT2D eigenvalue weighted by atomic mass is 32.2. The molecule has 1 N–H and O–H groups in total. The van der Waals surface area contributed by atoms with Crippen LogP contribution in [-0.4, -0.2) is 65.9 Å². The molecule has 1 aromatic heterocycles. The third kappa shape index (κ3) is 5.58. The Bertz CT molecular complexity index is 1500. The minimum absolute atomic E-state index is 0.103. The lowest BCUT2D eigenvalue weighted by Crippen LogP contribution is -2.41. The van der Waals surface area contributed by atoms with Crippen LogP contribution in [0, 0.1) is 0 Å². The molecule has 0 bridgehead atoms. The Morgan fingerprint density at radius 2 is 1.67 bits per heavy atom. The summed E-state index contributed by atoms with van der Waals surface area (Å²) in [5, 5.41) is 12.6. The predicted octanol–water partition coefficient (Wildman–Crippen LogP) is 3.53. The van der Waals surface area contributed by atoms with Crippen molar-refractivity contribution in [2.24, 2.45) is 0 Å². The normalized spacial score (nSPS) is 12.6. The van der Waals surface area contributed by atoms with E-state index in [1.54, 1.807) is 38.5 Å². The van der Waals surface area contributed by atoms with E-state index in [0.717, 1.165) is 22.7 Å². The molecule has 0 radical (unpaired) electrons. The number of amides is 3. The molecule has 10 nitrogen and oxygen atoms in total. The van der Waals surface area contributed by atoms with E-state index in [-0.39, 0.29) is 47.6 Å². The molecule has 1 aliphatic rings. The van der Waals surface area contributed by atoms with Gasteiger partial charge in [0, 0.05) is 36.0 Å². The van der Waals surface area contributed by atoms with E-state index >= 15 is 0 Å². The smallest absolute Gasteiger partial charge is 0.277 e. The molecule has 0 atom stereocenters. The molecule has 0 saturated carbocycles. The zero-order valence-electron chi connectivity index (χ0n) is 21.4. The Hall–Kier alpha value is -4.38. The molecule has 3 aromatic carbocycles. The van der Waals surface area contributed by atoms with Gasteiger partial charge in [0.25, 0.3) is 17.0 Å². The molecular weight excluding hydrogens is 520 g/mol. The highest BCUT2D eigenvalue weighted by Gasteiger charge is 2.32. The Labute approximate surface area is 228 Å². The topological polar surface area (TPSA) is 124 Å². The summed E-state index contributed by atoms with van der Waals surface area (Å²) in [5.41, 5.74) is 2.01. The van der Waals surface area contributed by atoms with Gasteiger partial charge in [0.05, 0.1) is 20.0 Å². The average Bonchev–Trinajstić information content (AvgIpc) is 3.42. The molecule has 1 aliphatic heterocycles. The number of imide groups is 1. The molecular formula is C28H26N4O6S. The van der Waals surface area contributed by atoms with Crippen LogP contribution in [0.3, 0.4) is 0 Å². The van der Waals surface area contributed by atoms with E-state index < -0.39 is 0 Å². The molecule has 200 valence electrons. The van der Waals surface area contributed by atoms with Gasteiger partial charge in [0.1, 0.15) is 0 Å². The van der Waals surface area contributed by atoms with Crippen LogP contribution >= 0.6 is 11.8 Å². The first-order chi connectivity index (χ1) is 19.0. The van der Waals surface area contributed by atoms with Crippen molar-refractivity contribution in [3.63, 3.8) is 0 Å². The first-order valence-corrected chi connectivity index (χ1v) is 13.3. The molecule has 0 saturated heterocycles. The Morgan fingerprint density at radius 3 is 2.36 bits per heavy atom. The van der Waals surface area contributed by atoms with Crippen LogP contribution in [0.1, 0.15) is 32.2 Å².